The lowest BCUT2D eigenvalue weighted by molar-refractivity contribution is 0.102. The summed E-state index contributed by atoms with van der Waals surface area (Å²) in [5, 5.41) is 15.0. The number of carbonyl (C=O) groups excluding carboxylic acids is 1. The first-order valence-electron chi connectivity index (χ1n) is 10.8. The van der Waals surface area contributed by atoms with Gasteiger partial charge >= 0.3 is 0 Å². The summed E-state index contributed by atoms with van der Waals surface area (Å²) in [5.74, 6) is 0.528. The highest BCUT2D eigenvalue weighted by atomic mass is 35.5. The molecular weight excluding hydrogens is 435 g/mol. The molecule has 2 aliphatic rings. The lowest BCUT2D eigenvalue weighted by Crippen LogP contribution is -2.30. The van der Waals surface area contributed by atoms with E-state index in [4.69, 9.17) is 0 Å². The normalized spacial score (nSPS) is 16.5. The minimum atomic E-state index is -0.170. The Balaban J connectivity index is 0.00000171. The summed E-state index contributed by atoms with van der Waals surface area (Å²) in [6, 6.07) is 6.51. The number of benzene rings is 1. The molecule has 1 aromatic heterocycles. The van der Waals surface area contributed by atoms with E-state index in [2.05, 4.69) is 45.8 Å². The molecule has 31 heavy (non-hydrogen) atoms. The van der Waals surface area contributed by atoms with E-state index in [0.717, 1.165) is 56.9 Å². The average molecular weight is 469 g/mol. The van der Waals surface area contributed by atoms with E-state index >= 15 is 0 Å². The number of rotatable bonds is 6. The zero-order valence-corrected chi connectivity index (χ0v) is 20.2. The number of fused-ring (bicyclic) bond motifs is 1. The third-order valence-electron chi connectivity index (χ3n) is 6.12. The van der Waals surface area contributed by atoms with Gasteiger partial charge in [0.2, 0.25) is 0 Å². The third kappa shape index (κ3) is 5.77. The number of nitrogens with zero attached hydrogens (tertiary/aromatic N) is 4. The Morgan fingerprint density at radius 3 is 2.68 bits per heavy atom. The predicted molar refractivity (Wildman–Crippen MR) is 128 cm³/mol. The summed E-state index contributed by atoms with van der Waals surface area (Å²) >= 11 is 0. The number of anilines is 1. The van der Waals surface area contributed by atoms with Gasteiger partial charge in [-0.1, -0.05) is 31.2 Å². The van der Waals surface area contributed by atoms with Gasteiger partial charge in [-0.2, -0.15) is 0 Å². The van der Waals surface area contributed by atoms with Crippen molar-refractivity contribution in [3.63, 3.8) is 0 Å². The van der Waals surface area contributed by atoms with Crippen molar-refractivity contribution in [2.24, 2.45) is 5.92 Å². The summed E-state index contributed by atoms with van der Waals surface area (Å²) in [4.78, 5) is 15.4. The molecule has 3 heterocycles. The Kier molecular flexibility index (Phi) is 9.30. The van der Waals surface area contributed by atoms with E-state index in [9.17, 15) is 4.79 Å². The fourth-order valence-electron chi connectivity index (χ4n) is 4.34. The summed E-state index contributed by atoms with van der Waals surface area (Å²) in [5.41, 5.74) is 4.71. The minimum Gasteiger partial charge on any atom is -0.320 e. The molecule has 0 unspecified atom stereocenters. The maximum atomic E-state index is 13.0. The Morgan fingerprint density at radius 1 is 1.23 bits per heavy atom. The molecular formula is C22H34Cl2N6O. The van der Waals surface area contributed by atoms with Crippen LogP contribution in [0.25, 0.3) is 0 Å². The number of carbonyl (C=O) groups is 1. The van der Waals surface area contributed by atoms with Gasteiger partial charge in [-0.3, -0.25) is 9.69 Å². The van der Waals surface area contributed by atoms with Crippen LogP contribution in [0.4, 0.5) is 5.69 Å². The van der Waals surface area contributed by atoms with Gasteiger partial charge in [-0.05, 0) is 68.9 Å². The highest BCUT2D eigenvalue weighted by Crippen LogP contribution is 2.30. The number of nitrogens with one attached hydrogen (secondary N) is 2. The van der Waals surface area contributed by atoms with Crippen LogP contribution in [0.15, 0.2) is 18.2 Å². The molecule has 2 aromatic rings. The van der Waals surface area contributed by atoms with Gasteiger partial charge < -0.3 is 10.6 Å². The predicted octanol–water partition coefficient (Wildman–Crippen LogP) is 3.97. The zero-order chi connectivity index (χ0) is 20.4. The van der Waals surface area contributed by atoms with Crippen molar-refractivity contribution < 1.29 is 4.79 Å². The van der Waals surface area contributed by atoms with Crippen LogP contribution >= 0.6 is 24.8 Å². The Morgan fingerprint density at radius 2 is 1.97 bits per heavy atom. The molecule has 0 bridgehead atoms. The fourth-order valence-corrected chi connectivity index (χ4v) is 4.34. The van der Waals surface area contributed by atoms with Gasteiger partial charge in [0.05, 0.1) is 11.7 Å². The quantitative estimate of drug-likeness (QED) is 0.670. The van der Waals surface area contributed by atoms with Gasteiger partial charge in [0, 0.05) is 18.8 Å². The number of hydrogen-bond acceptors (Lipinski definition) is 5. The first kappa shape index (κ1) is 25.6. The van der Waals surface area contributed by atoms with Crippen molar-refractivity contribution in [1.29, 1.82) is 0 Å². The van der Waals surface area contributed by atoms with E-state index in [1.54, 1.807) is 0 Å². The molecule has 0 atom stereocenters. The molecule has 172 valence electrons. The van der Waals surface area contributed by atoms with Crippen molar-refractivity contribution in [3.05, 3.63) is 40.7 Å². The molecule has 4 rings (SSSR count). The van der Waals surface area contributed by atoms with Crippen LogP contribution in [-0.4, -0.2) is 45.4 Å². The van der Waals surface area contributed by atoms with Crippen molar-refractivity contribution in [2.75, 3.05) is 25.0 Å². The van der Waals surface area contributed by atoms with E-state index < -0.39 is 0 Å². The lowest BCUT2D eigenvalue weighted by Gasteiger charge is -2.23. The van der Waals surface area contributed by atoms with E-state index in [1.165, 1.54) is 17.5 Å². The molecule has 0 spiro atoms. The first-order valence-corrected chi connectivity index (χ1v) is 10.8. The topological polar surface area (TPSA) is 75.1 Å². The molecule has 0 radical (unpaired) electrons. The average Bonchev–Trinajstić information content (AvgIpc) is 3.31. The monoisotopic (exact) mass is 468 g/mol. The fraction of sp³-hybridized carbons (Fsp3) is 0.591. The van der Waals surface area contributed by atoms with Gasteiger partial charge in [0.25, 0.3) is 5.91 Å². The highest BCUT2D eigenvalue weighted by Gasteiger charge is 2.25. The first-order chi connectivity index (χ1) is 14.0. The minimum absolute atomic E-state index is 0. The highest BCUT2D eigenvalue weighted by molar-refractivity contribution is 6.04. The van der Waals surface area contributed by atoms with Gasteiger partial charge in [-0.25, -0.2) is 4.68 Å². The summed E-state index contributed by atoms with van der Waals surface area (Å²) < 4.78 is 1.93. The van der Waals surface area contributed by atoms with E-state index in [1.807, 2.05) is 23.7 Å². The van der Waals surface area contributed by atoms with Crippen molar-refractivity contribution in [3.8, 4) is 0 Å². The largest absolute Gasteiger partial charge is 0.320 e. The maximum Gasteiger partial charge on any atom is 0.278 e. The van der Waals surface area contributed by atoms with Crippen LogP contribution in [0.2, 0.25) is 0 Å². The Bertz CT molecular complexity index is 879. The number of aromatic nitrogens is 3. The molecule has 2 N–H and O–H groups in total. The molecule has 9 heteroatoms. The van der Waals surface area contributed by atoms with Gasteiger partial charge in [0.15, 0.2) is 5.69 Å². The molecule has 0 aliphatic carbocycles. The Hall–Kier alpha value is -1.67. The molecule has 1 saturated heterocycles. The number of hydrogen-bond donors (Lipinski definition) is 2. The van der Waals surface area contributed by atoms with Gasteiger partial charge in [0.1, 0.15) is 0 Å². The summed E-state index contributed by atoms with van der Waals surface area (Å²) in [7, 11) is 0. The van der Waals surface area contributed by atoms with Crippen LogP contribution < -0.4 is 10.6 Å². The van der Waals surface area contributed by atoms with Crippen molar-refractivity contribution in [1.82, 2.24) is 25.2 Å². The number of halogens is 2. The molecule has 1 amide bonds. The second kappa shape index (κ2) is 11.3. The summed E-state index contributed by atoms with van der Waals surface area (Å²) in [6.07, 6.45) is 3.22. The van der Waals surface area contributed by atoms with Gasteiger partial charge in [-0.15, -0.1) is 29.9 Å². The van der Waals surface area contributed by atoms with E-state index in [-0.39, 0.29) is 30.7 Å². The SMILES string of the molecule is Cc1c(C(=O)Nc2cccc3c2CN(CCC(C)C)C3)nnn1C1CCNCC1.Cl.Cl. The lowest BCUT2D eigenvalue weighted by atomic mass is 10.1. The second-order valence-corrected chi connectivity index (χ2v) is 8.74. The standard InChI is InChI=1S/C22H32N6O.2ClH/c1-15(2)9-12-27-13-17-5-4-6-20(19(17)14-27)24-22(29)21-16(3)28(26-25-21)18-7-10-23-11-8-18;;/h4-6,15,18,23H,7-14H2,1-3H3,(H,24,29);2*1H. The van der Waals surface area contributed by atoms with Crippen LogP contribution in [0.1, 0.15) is 66.5 Å². The Labute approximate surface area is 197 Å². The molecule has 2 aliphatic heterocycles. The molecule has 1 fully saturated rings. The maximum absolute atomic E-state index is 13.0. The van der Waals surface area contributed by atoms with Crippen LogP contribution in [0.3, 0.4) is 0 Å². The molecule has 7 nitrogen and oxygen atoms in total. The van der Waals surface area contributed by atoms with Crippen molar-refractivity contribution in [2.45, 2.75) is 59.2 Å². The molecule has 1 aromatic carbocycles. The van der Waals surface area contributed by atoms with Crippen LogP contribution in [0.5, 0.6) is 0 Å². The van der Waals surface area contributed by atoms with Crippen LogP contribution in [-0.2, 0) is 13.1 Å². The molecule has 0 saturated carbocycles. The van der Waals surface area contributed by atoms with Crippen LogP contribution in [0, 0.1) is 12.8 Å². The zero-order valence-electron chi connectivity index (χ0n) is 18.6. The number of piperidine rings is 1. The smallest absolute Gasteiger partial charge is 0.278 e. The summed E-state index contributed by atoms with van der Waals surface area (Å²) in [6.45, 7) is 11.4. The second-order valence-electron chi connectivity index (χ2n) is 8.74. The van der Waals surface area contributed by atoms with Crippen molar-refractivity contribution >= 4 is 36.4 Å². The van der Waals surface area contributed by atoms with E-state index in [0.29, 0.717) is 17.7 Å². The number of amides is 1. The third-order valence-corrected chi connectivity index (χ3v) is 6.12.